The van der Waals surface area contributed by atoms with Crippen LogP contribution in [0, 0.1) is 0 Å². The first kappa shape index (κ1) is 12.1. The zero-order chi connectivity index (χ0) is 10.3. The minimum absolute atomic E-state index is 0.00163. The molecule has 0 radical (unpaired) electrons. The summed E-state index contributed by atoms with van der Waals surface area (Å²) in [5, 5.41) is 8.33. The molecule has 76 valence electrons. The summed E-state index contributed by atoms with van der Waals surface area (Å²) in [7, 11) is 0. The smallest absolute Gasteiger partial charge is 0.303 e. The van der Waals surface area contributed by atoms with E-state index in [1.165, 1.54) is 6.92 Å². The van der Waals surface area contributed by atoms with Gasteiger partial charge in [0.1, 0.15) is 5.78 Å². The summed E-state index contributed by atoms with van der Waals surface area (Å²) in [4.78, 5) is 20.8. The first-order valence-corrected chi connectivity index (χ1v) is 4.52. The predicted octanol–water partition coefficient (Wildman–Crippen LogP) is 0.938. The van der Waals surface area contributed by atoms with Crippen LogP contribution < -0.4 is 5.73 Å². The molecule has 0 heterocycles. The third-order valence-electron chi connectivity index (χ3n) is 1.93. The number of rotatable bonds is 7. The van der Waals surface area contributed by atoms with Gasteiger partial charge in [0.2, 0.25) is 0 Å². The number of nitrogens with two attached hydrogens (primary N) is 1. The fourth-order valence-electron chi connectivity index (χ4n) is 1.02. The van der Waals surface area contributed by atoms with Crippen molar-refractivity contribution in [1.29, 1.82) is 0 Å². The molecule has 1 atom stereocenters. The van der Waals surface area contributed by atoms with Gasteiger partial charge >= 0.3 is 5.97 Å². The van der Waals surface area contributed by atoms with Crippen molar-refractivity contribution in [3.05, 3.63) is 0 Å². The van der Waals surface area contributed by atoms with Gasteiger partial charge < -0.3 is 10.8 Å². The molecule has 13 heavy (non-hydrogen) atoms. The van der Waals surface area contributed by atoms with Gasteiger partial charge in [-0.2, -0.15) is 0 Å². The summed E-state index contributed by atoms with van der Waals surface area (Å²) in [5.74, 6) is -0.769. The number of hydrogen-bond acceptors (Lipinski definition) is 3. The van der Waals surface area contributed by atoms with E-state index in [1.807, 2.05) is 0 Å². The SMILES string of the molecule is CC(=O)[C@@H](N)CCCCCC(=O)O. The second-order valence-corrected chi connectivity index (χ2v) is 3.21. The van der Waals surface area contributed by atoms with Crippen molar-refractivity contribution in [2.75, 3.05) is 0 Å². The Labute approximate surface area is 78.1 Å². The van der Waals surface area contributed by atoms with Gasteiger partial charge in [0.25, 0.3) is 0 Å². The van der Waals surface area contributed by atoms with E-state index in [-0.39, 0.29) is 18.2 Å². The second-order valence-electron chi connectivity index (χ2n) is 3.21. The zero-order valence-corrected chi connectivity index (χ0v) is 7.95. The molecular formula is C9H17NO3. The number of carbonyl (C=O) groups is 2. The van der Waals surface area contributed by atoms with E-state index in [1.54, 1.807) is 0 Å². The van der Waals surface area contributed by atoms with Crippen LogP contribution in [0.1, 0.15) is 39.0 Å². The molecule has 0 aromatic carbocycles. The van der Waals surface area contributed by atoms with E-state index in [4.69, 9.17) is 10.8 Å². The minimum atomic E-state index is -0.768. The van der Waals surface area contributed by atoms with Crippen LogP contribution in [0.25, 0.3) is 0 Å². The van der Waals surface area contributed by atoms with Gasteiger partial charge in [-0.15, -0.1) is 0 Å². The lowest BCUT2D eigenvalue weighted by Gasteiger charge is -2.05. The molecule has 0 saturated carbocycles. The van der Waals surface area contributed by atoms with E-state index < -0.39 is 5.97 Å². The van der Waals surface area contributed by atoms with Crippen LogP contribution >= 0.6 is 0 Å². The quantitative estimate of drug-likeness (QED) is 0.581. The van der Waals surface area contributed by atoms with Crippen molar-refractivity contribution in [3.63, 3.8) is 0 Å². The zero-order valence-electron chi connectivity index (χ0n) is 7.95. The molecule has 0 bridgehead atoms. The highest BCUT2D eigenvalue weighted by molar-refractivity contribution is 5.81. The average Bonchev–Trinajstić information content (AvgIpc) is 2.02. The van der Waals surface area contributed by atoms with Crippen molar-refractivity contribution in [2.24, 2.45) is 5.73 Å². The number of aliphatic carboxylic acids is 1. The van der Waals surface area contributed by atoms with Crippen LogP contribution in [0.15, 0.2) is 0 Å². The molecule has 3 N–H and O–H groups in total. The summed E-state index contributed by atoms with van der Waals surface area (Å²) in [6.07, 6.45) is 3.19. The first-order valence-electron chi connectivity index (χ1n) is 4.52. The Morgan fingerprint density at radius 2 is 1.92 bits per heavy atom. The van der Waals surface area contributed by atoms with Gasteiger partial charge in [0, 0.05) is 6.42 Å². The maximum Gasteiger partial charge on any atom is 0.303 e. The van der Waals surface area contributed by atoms with Crippen LogP contribution in [0.4, 0.5) is 0 Å². The van der Waals surface area contributed by atoms with Crippen LogP contribution in [0.5, 0.6) is 0 Å². The van der Waals surface area contributed by atoms with Gasteiger partial charge in [0.05, 0.1) is 6.04 Å². The lowest BCUT2D eigenvalue weighted by Crippen LogP contribution is -2.27. The van der Waals surface area contributed by atoms with Crippen LogP contribution in [0.2, 0.25) is 0 Å². The fourth-order valence-corrected chi connectivity index (χ4v) is 1.02. The lowest BCUT2D eigenvalue weighted by molar-refractivity contribution is -0.137. The van der Waals surface area contributed by atoms with E-state index in [2.05, 4.69) is 0 Å². The van der Waals surface area contributed by atoms with Gasteiger partial charge in [-0.25, -0.2) is 0 Å². The summed E-state index contributed by atoms with van der Waals surface area (Å²) in [5.41, 5.74) is 5.49. The van der Waals surface area contributed by atoms with Crippen molar-refractivity contribution in [2.45, 2.75) is 45.1 Å². The molecule has 0 aliphatic rings. The third-order valence-corrected chi connectivity index (χ3v) is 1.93. The number of unbranched alkanes of at least 4 members (excludes halogenated alkanes) is 2. The third kappa shape index (κ3) is 7.46. The largest absolute Gasteiger partial charge is 0.481 e. The monoisotopic (exact) mass is 187 g/mol. The number of carboxylic acid groups (broad SMARTS) is 1. The minimum Gasteiger partial charge on any atom is -0.481 e. The van der Waals surface area contributed by atoms with Gasteiger partial charge in [0.15, 0.2) is 0 Å². The molecular weight excluding hydrogens is 170 g/mol. The molecule has 0 aliphatic carbocycles. The van der Waals surface area contributed by atoms with E-state index in [9.17, 15) is 9.59 Å². The Kier molecular flexibility index (Phi) is 6.14. The van der Waals surface area contributed by atoms with Gasteiger partial charge in [-0.3, -0.25) is 9.59 Å². The molecule has 0 saturated heterocycles. The first-order chi connectivity index (χ1) is 6.04. The maximum atomic E-state index is 10.7. The summed E-state index contributed by atoms with van der Waals surface area (Å²) < 4.78 is 0. The number of hydrogen-bond donors (Lipinski definition) is 2. The van der Waals surface area contributed by atoms with Crippen LogP contribution in [-0.2, 0) is 9.59 Å². The van der Waals surface area contributed by atoms with Crippen molar-refractivity contribution >= 4 is 11.8 Å². The van der Waals surface area contributed by atoms with Crippen molar-refractivity contribution in [1.82, 2.24) is 0 Å². The second kappa shape index (κ2) is 6.60. The fraction of sp³-hybridized carbons (Fsp3) is 0.778. The molecule has 0 aromatic rings. The van der Waals surface area contributed by atoms with E-state index in [0.717, 1.165) is 12.8 Å². The molecule has 0 unspecified atom stereocenters. The Balaban J connectivity index is 3.26. The highest BCUT2D eigenvalue weighted by Crippen LogP contribution is 2.05. The van der Waals surface area contributed by atoms with Crippen molar-refractivity contribution in [3.8, 4) is 0 Å². The number of carboxylic acids is 1. The Bertz CT molecular complexity index is 180. The standard InChI is InChI=1S/C9H17NO3/c1-7(11)8(10)5-3-2-4-6-9(12)13/h8H,2-6,10H2,1H3,(H,12,13)/t8-/m0/s1. The molecule has 0 spiro atoms. The summed E-state index contributed by atoms with van der Waals surface area (Å²) >= 11 is 0. The number of ketones is 1. The molecule has 0 fully saturated rings. The van der Waals surface area contributed by atoms with Crippen molar-refractivity contribution < 1.29 is 14.7 Å². The average molecular weight is 187 g/mol. The predicted molar refractivity (Wildman–Crippen MR) is 49.4 cm³/mol. The lowest BCUT2D eigenvalue weighted by atomic mass is 10.1. The number of carbonyl (C=O) groups excluding carboxylic acids is 1. The number of Topliss-reactive ketones (excluding diaryl/α,β-unsaturated/α-hetero) is 1. The molecule has 0 aromatic heterocycles. The molecule has 4 heteroatoms. The Hall–Kier alpha value is -0.900. The summed E-state index contributed by atoms with van der Waals surface area (Å²) in [6, 6.07) is -0.371. The van der Waals surface area contributed by atoms with Crippen LogP contribution in [-0.4, -0.2) is 22.9 Å². The van der Waals surface area contributed by atoms with Gasteiger partial charge in [-0.05, 0) is 19.8 Å². The summed E-state index contributed by atoms with van der Waals surface area (Å²) in [6.45, 7) is 1.47. The molecule has 0 rings (SSSR count). The molecule has 4 nitrogen and oxygen atoms in total. The Morgan fingerprint density at radius 1 is 1.31 bits per heavy atom. The molecule has 0 amide bonds. The topological polar surface area (TPSA) is 80.4 Å². The highest BCUT2D eigenvalue weighted by atomic mass is 16.4. The highest BCUT2D eigenvalue weighted by Gasteiger charge is 2.06. The maximum absolute atomic E-state index is 10.7. The van der Waals surface area contributed by atoms with Crippen LogP contribution in [0.3, 0.4) is 0 Å². The Morgan fingerprint density at radius 3 is 2.38 bits per heavy atom. The molecule has 0 aliphatic heterocycles. The van der Waals surface area contributed by atoms with Gasteiger partial charge in [-0.1, -0.05) is 12.8 Å². The van der Waals surface area contributed by atoms with E-state index >= 15 is 0 Å². The van der Waals surface area contributed by atoms with E-state index in [0.29, 0.717) is 12.8 Å². The normalized spacial score (nSPS) is 12.5.